The van der Waals surface area contributed by atoms with Gasteiger partial charge in [-0.05, 0) is 38.5 Å². The van der Waals surface area contributed by atoms with Gasteiger partial charge in [0.2, 0.25) is 0 Å². The SMILES string of the molecule is CC(C)(C)OC(=O)NCC(O)C(O)c1ccc(F)c(F)c1. The Kier molecular flexibility index (Phi) is 5.62. The third-order valence-corrected chi connectivity index (χ3v) is 2.50. The van der Waals surface area contributed by atoms with E-state index in [0.29, 0.717) is 0 Å². The van der Waals surface area contributed by atoms with Crippen LogP contribution < -0.4 is 5.32 Å². The van der Waals surface area contributed by atoms with E-state index >= 15 is 0 Å². The normalized spacial score (nSPS) is 14.4. The highest BCUT2D eigenvalue weighted by atomic mass is 19.2. The van der Waals surface area contributed by atoms with Gasteiger partial charge >= 0.3 is 6.09 Å². The van der Waals surface area contributed by atoms with E-state index in [0.717, 1.165) is 18.2 Å². The number of aliphatic hydroxyl groups is 2. The molecule has 1 amide bonds. The van der Waals surface area contributed by atoms with Crippen LogP contribution in [0, 0.1) is 11.6 Å². The van der Waals surface area contributed by atoms with E-state index in [1.807, 2.05) is 0 Å². The van der Waals surface area contributed by atoms with Crippen LogP contribution >= 0.6 is 0 Å². The fourth-order valence-electron chi connectivity index (χ4n) is 1.53. The van der Waals surface area contributed by atoms with Crippen molar-refractivity contribution in [2.45, 2.75) is 38.6 Å². The second-order valence-corrected chi connectivity index (χ2v) is 5.57. The first-order valence-corrected chi connectivity index (χ1v) is 6.38. The number of benzene rings is 1. The minimum absolute atomic E-state index is 0.00684. The van der Waals surface area contributed by atoms with E-state index in [4.69, 9.17) is 4.74 Å². The molecule has 0 spiro atoms. The summed E-state index contributed by atoms with van der Waals surface area (Å²) in [5, 5.41) is 21.8. The molecule has 0 heterocycles. The fraction of sp³-hybridized carbons (Fsp3) is 0.500. The van der Waals surface area contributed by atoms with Gasteiger partial charge in [-0.25, -0.2) is 13.6 Å². The fourth-order valence-corrected chi connectivity index (χ4v) is 1.53. The third kappa shape index (κ3) is 5.65. The maximum Gasteiger partial charge on any atom is 0.407 e. The Morgan fingerprint density at radius 2 is 1.90 bits per heavy atom. The second-order valence-electron chi connectivity index (χ2n) is 5.57. The average molecular weight is 303 g/mol. The van der Waals surface area contributed by atoms with Crippen molar-refractivity contribution in [3.05, 3.63) is 35.4 Å². The molecule has 0 bridgehead atoms. The third-order valence-electron chi connectivity index (χ3n) is 2.50. The van der Waals surface area contributed by atoms with Crippen molar-refractivity contribution in [1.82, 2.24) is 5.32 Å². The molecule has 0 aromatic heterocycles. The maximum absolute atomic E-state index is 13.0. The number of hydrogen-bond acceptors (Lipinski definition) is 4. The number of ether oxygens (including phenoxy) is 1. The quantitative estimate of drug-likeness (QED) is 0.793. The summed E-state index contributed by atoms with van der Waals surface area (Å²) in [6.45, 7) is 4.74. The van der Waals surface area contributed by atoms with Crippen LogP contribution in [0.4, 0.5) is 13.6 Å². The van der Waals surface area contributed by atoms with Gasteiger partial charge in [-0.15, -0.1) is 0 Å². The van der Waals surface area contributed by atoms with Crippen molar-refractivity contribution >= 4 is 6.09 Å². The zero-order valence-corrected chi connectivity index (χ0v) is 12.1. The largest absolute Gasteiger partial charge is 0.444 e. The van der Waals surface area contributed by atoms with E-state index in [2.05, 4.69) is 5.32 Å². The first-order chi connectivity index (χ1) is 9.60. The van der Waals surface area contributed by atoms with Gasteiger partial charge in [-0.3, -0.25) is 0 Å². The highest BCUT2D eigenvalue weighted by molar-refractivity contribution is 5.67. The molecule has 2 atom stereocenters. The van der Waals surface area contributed by atoms with Crippen LogP contribution in [0.3, 0.4) is 0 Å². The van der Waals surface area contributed by atoms with Crippen LogP contribution in [0.2, 0.25) is 0 Å². The Balaban J connectivity index is 2.56. The van der Waals surface area contributed by atoms with Crippen LogP contribution in [0.1, 0.15) is 32.4 Å². The average Bonchev–Trinajstić information content (AvgIpc) is 2.36. The summed E-state index contributed by atoms with van der Waals surface area (Å²) in [6.07, 6.45) is -3.60. The molecule has 0 radical (unpaired) electrons. The molecule has 0 aliphatic heterocycles. The van der Waals surface area contributed by atoms with E-state index in [-0.39, 0.29) is 12.1 Å². The van der Waals surface area contributed by atoms with E-state index in [1.165, 1.54) is 0 Å². The molecule has 0 saturated carbocycles. The predicted molar refractivity (Wildman–Crippen MR) is 71.6 cm³/mol. The van der Waals surface area contributed by atoms with Gasteiger partial charge in [0, 0.05) is 6.54 Å². The van der Waals surface area contributed by atoms with Crippen LogP contribution in [-0.2, 0) is 4.74 Å². The number of alkyl carbamates (subject to hydrolysis) is 1. The number of aliphatic hydroxyl groups excluding tert-OH is 2. The molecule has 0 aliphatic rings. The van der Waals surface area contributed by atoms with Crippen molar-refractivity contribution < 1.29 is 28.5 Å². The molecular weight excluding hydrogens is 284 g/mol. The predicted octanol–water partition coefficient (Wildman–Crippen LogP) is 1.88. The number of carbonyl (C=O) groups is 1. The zero-order chi connectivity index (χ0) is 16.2. The molecular formula is C14H19F2NO4. The summed E-state index contributed by atoms with van der Waals surface area (Å²) in [6, 6.07) is 2.79. The molecule has 7 heteroatoms. The van der Waals surface area contributed by atoms with Crippen LogP contribution in [0.5, 0.6) is 0 Å². The van der Waals surface area contributed by atoms with Gasteiger partial charge in [0.05, 0.1) is 0 Å². The lowest BCUT2D eigenvalue weighted by molar-refractivity contribution is 0.0127. The number of hydrogen-bond donors (Lipinski definition) is 3. The lowest BCUT2D eigenvalue weighted by atomic mass is 10.0. The highest BCUT2D eigenvalue weighted by Gasteiger charge is 2.22. The number of amides is 1. The summed E-state index contributed by atoms with van der Waals surface area (Å²) in [5.41, 5.74) is -0.680. The smallest absolute Gasteiger partial charge is 0.407 e. The summed E-state index contributed by atoms with van der Waals surface area (Å²) >= 11 is 0. The van der Waals surface area contributed by atoms with Crippen molar-refractivity contribution in [3.8, 4) is 0 Å². The molecule has 2 unspecified atom stereocenters. The summed E-state index contributed by atoms with van der Waals surface area (Å²) in [4.78, 5) is 11.4. The van der Waals surface area contributed by atoms with Gasteiger partial charge in [-0.1, -0.05) is 6.07 Å². The topological polar surface area (TPSA) is 78.8 Å². The molecule has 1 rings (SSSR count). The van der Waals surface area contributed by atoms with Crippen LogP contribution in [0.15, 0.2) is 18.2 Å². The number of nitrogens with one attached hydrogen (secondary N) is 1. The summed E-state index contributed by atoms with van der Waals surface area (Å²) in [7, 11) is 0. The Labute approximate surface area is 121 Å². The monoisotopic (exact) mass is 303 g/mol. The second kappa shape index (κ2) is 6.82. The zero-order valence-electron chi connectivity index (χ0n) is 12.1. The molecule has 1 aromatic rings. The van der Waals surface area contributed by atoms with Crippen LogP contribution in [-0.4, -0.2) is 34.6 Å². The maximum atomic E-state index is 13.0. The molecule has 1 aromatic carbocycles. The minimum Gasteiger partial charge on any atom is -0.444 e. The van der Waals surface area contributed by atoms with E-state index < -0.39 is 35.5 Å². The first kappa shape index (κ1) is 17.3. The Morgan fingerprint density at radius 3 is 2.43 bits per heavy atom. The van der Waals surface area contributed by atoms with Crippen molar-refractivity contribution in [1.29, 1.82) is 0 Å². The molecule has 118 valence electrons. The summed E-state index contributed by atoms with van der Waals surface area (Å²) in [5.74, 6) is -2.17. The first-order valence-electron chi connectivity index (χ1n) is 6.38. The van der Waals surface area contributed by atoms with E-state index in [1.54, 1.807) is 20.8 Å². The minimum atomic E-state index is -1.46. The lowest BCUT2D eigenvalue weighted by Gasteiger charge is -2.22. The summed E-state index contributed by atoms with van der Waals surface area (Å²) < 4.78 is 30.8. The van der Waals surface area contributed by atoms with Gasteiger partial charge in [0.25, 0.3) is 0 Å². The van der Waals surface area contributed by atoms with Gasteiger partial charge in [-0.2, -0.15) is 0 Å². The lowest BCUT2D eigenvalue weighted by Crippen LogP contribution is -2.38. The van der Waals surface area contributed by atoms with Crippen molar-refractivity contribution in [2.75, 3.05) is 6.54 Å². The van der Waals surface area contributed by atoms with Crippen LogP contribution in [0.25, 0.3) is 0 Å². The van der Waals surface area contributed by atoms with Crippen molar-refractivity contribution in [2.24, 2.45) is 0 Å². The van der Waals surface area contributed by atoms with Gasteiger partial charge < -0.3 is 20.3 Å². The Hall–Kier alpha value is -1.73. The molecule has 21 heavy (non-hydrogen) atoms. The van der Waals surface area contributed by atoms with Gasteiger partial charge in [0.1, 0.15) is 17.8 Å². The molecule has 0 fully saturated rings. The highest BCUT2D eigenvalue weighted by Crippen LogP contribution is 2.19. The molecule has 3 N–H and O–H groups in total. The van der Waals surface area contributed by atoms with Crippen molar-refractivity contribution in [3.63, 3.8) is 0 Å². The Morgan fingerprint density at radius 1 is 1.29 bits per heavy atom. The molecule has 5 nitrogen and oxygen atoms in total. The van der Waals surface area contributed by atoms with Gasteiger partial charge in [0.15, 0.2) is 11.6 Å². The molecule has 0 aliphatic carbocycles. The standard InChI is InChI=1S/C14H19F2NO4/c1-14(2,3)21-13(20)17-7-11(18)12(19)8-4-5-9(15)10(16)6-8/h4-6,11-12,18-19H,7H2,1-3H3,(H,17,20). The molecule has 0 saturated heterocycles. The van der Waals surface area contributed by atoms with E-state index in [9.17, 15) is 23.8 Å². The number of halogens is 2. The Bertz CT molecular complexity index is 502. The number of rotatable bonds is 4. The number of carbonyl (C=O) groups excluding carboxylic acids is 1.